The van der Waals surface area contributed by atoms with Gasteiger partial charge in [-0.25, -0.2) is 9.78 Å². The quantitative estimate of drug-likeness (QED) is 0.867. The smallest absolute Gasteiger partial charge is 0.337 e. The molecule has 2 rings (SSSR count). The van der Waals surface area contributed by atoms with E-state index in [4.69, 9.17) is 4.74 Å². The highest BCUT2D eigenvalue weighted by atomic mass is 16.5. The summed E-state index contributed by atoms with van der Waals surface area (Å²) < 4.78 is 4.78. The fraction of sp³-hybridized carbons (Fsp3) is 0.375. The number of carbonyl (C=O) groups excluding carboxylic acids is 1. The molecule has 0 radical (unpaired) electrons. The van der Waals surface area contributed by atoms with E-state index < -0.39 is 0 Å². The number of benzene rings is 1. The van der Waals surface area contributed by atoms with Gasteiger partial charge in [-0.3, -0.25) is 0 Å². The molecule has 0 amide bonds. The molecule has 20 heavy (non-hydrogen) atoms. The zero-order valence-corrected chi connectivity index (χ0v) is 12.4. The average Bonchev–Trinajstić information content (AvgIpc) is 2.79. The molecule has 0 bridgehead atoms. The summed E-state index contributed by atoms with van der Waals surface area (Å²) in [6.45, 7) is 6.13. The Bertz CT molecular complexity index is 629. The second kappa shape index (κ2) is 5.90. The number of aromatic amines is 1. The van der Waals surface area contributed by atoms with Gasteiger partial charge >= 0.3 is 5.97 Å². The predicted octanol–water partition coefficient (Wildman–Crippen LogP) is 3.43. The minimum Gasteiger partial charge on any atom is -0.465 e. The van der Waals surface area contributed by atoms with Crippen molar-refractivity contribution in [2.45, 2.75) is 33.6 Å². The van der Waals surface area contributed by atoms with Gasteiger partial charge in [-0.05, 0) is 38.0 Å². The van der Waals surface area contributed by atoms with Crippen LogP contribution in [0.5, 0.6) is 0 Å². The van der Waals surface area contributed by atoms with Crippen molar-refractivity contribution in [3.8, 4) is 11.3 Å². The number of H-pyrrole nitrogens is 1. The number of methoxy groups -OCH3 is 1. The van der Waals surface area contributed by atoms with E-state index in [0.717, 1.165) is 41.2 Å². The Morgan fingerprint density at radius 3 is 2.75 bits per heavy atom. The number of imidazole rings is 1. The molecule has 0 saturated carbocycles. The molecule has 4 heteroatoms. The summed E-state index contributed by atoms with van der Waals surface area (Å²) in [5.41, 5.74) is 4.60. The fourth-order valence-electron chi connectivity index (χ4n) is 2.27. The Kier molecular flexibility index (Phi) is 4.23. The number of nitrogens with one attached hydrogen (secondary N) is 1. The van der Waals surface area contributed by atoms with E-state index in [0.29, 0.717) is 5.56 Å². The van der Waals surface area contributed by atoms with Crippen LogP contribution in [0.15, 0.2) is 18.2 Å². The van der Waals surface area contributed by atoms with Crippen molar-refractivity contribution in [3.63, 3.8) is 0 Å². The van der Waals surface area contributed by atoms with Crippen LogP contribution in [-0.2, 0) is 11.2 Å². The topological polar surface area (TPSA) is 55.0 Å². The van der Waals surface area contributed by atoms with Crippen molar-refractivity contribution in [2.24, 2.45) is 0 Å². The van der Waals surface area contributed by atoms with Gasteiger partial charge < -0.3 is 9.72 Å². The molecule has 0 aliphatic carbocycles. The van der Waals surface area contributed by atoms with Crippen LogP contribution in [0.1, 0.15) is 40.8 Å². The first-order valence-electron chi connectivity index (χ1n) is 6.81. The van der Waals surface area contributed by atoms with E-state index in [-0.39, 0.29) is 5.97 Å². The second-order valence-electron chi connectivity index (χ2n) is 4.92. The Morgan fingerprint density at radius 1 is 1.35 bits per heavy atom. The summed E-state index contributed by atoms with van der Waals surface area (Å²) in [6.07, 6.45) is 1.98. The number of aromatic nitrogens is 2. The van der Waals surface area contributed by atoms with E-state index >= 15 is 0 Å². The Labute approximate surface area is 119 Å². The number of aryl methyl sites for hydroxylation is 3. The SMILES string of the molecule is CCCc1nc(C)c(-c2cc(C(=O)OC)ccc2C)[nH]1. The lowest BCUT2D eigenvalue weighted by Gasteiger charge is -2.07. The minimum atomic E-state index is -0.322. The van der Waals surface area contributed by atoms with Crippen LogP contribution in [0.4, 0.5) is 0 Å². The average molecular weight is 272 g/mol. The number of carbonyl (C=O) groups is 1. The molecule has 0 saturated heterocycles. The maximum atomic E-state index is 11.7. The lowest BCUT2D eigenvalue weighted by atomic mass is 10.0. The normalized spacial score (nSPS) is 10.6. The summed E-state index contributed by atoms with van der Waals surface area (Å²) in [6, 6.07) is 5.57. The largest absolute Gasteiger partial charge is 0.465 e. The van der Waals surface area contributed by atoms with Crippen LogP contribution in [0, 0.1) is 13.8 Å². The molecule has 1 aromatic heterocycles. The second-order valence-corrected chi connectivity index (χ2v) is 4.92. The van der Waals surface area contributed by atoms with Crippen LogP contribution in [0.25, 0.3) is 11.3 Å². The molecule has 0 fully saturated rings. The number of ether oxygens (including phenoxy) is 1. The van der Waals surface area contributed by atoms with Crippen LogP contribution < -0.4 is 0 Å². The first-order valence-corrected chi connectivity index (χ1v) is 6.81. The van der Waals surface area contributed by atoms with Crippen LogP contribution in [0.2, 0.25) is 0 Å². The number of nitrogens with zero attached hydrogens (tertiary/aromatic N) is 1. The molecule has 0 atom stereocenters. The zero-order chi connectivity index (χ0) is 14.7. The van der Waals surface area contributed by atoms with Crippen molar-refractivity contribution in [3.05, 3.63) is 40.8 Å². The lowest BCUT2D eigenvalue weighted by Crippen LogP contribution is -2.02. The molecule has 0 aliphatic heterocycles. The molecule has 4 nitrogen and oxygen atoms in total. The van der Waals surface area contributed by atoms with Gasteiger partial charge in [-0.2, -0.15) is 0 Å². The molecular formula is C16H20N2O2. The fourth-order valence-corrected chi connectivity index (χ4v) is 2.27. The summed E-state index contributed by atoms with van der Waals surface area (Å²) >= 11 is 0. The molecule has 0 aliphatic rings. The van der Waals surface area contributed by atoms with Gasteiger partial charge in [0.15, 0.2) is 0 Å². The summed E-state index contributed by atoms with van der Waals surface area (Å²) in [5, 5.41) is 0. The van der Waals surface area contributed by atoms with Crippen molar-refractivity contribution < 1.29 is 9.53 Å². The molecule has 0 spiro atoms. The third kappa shape index (κ3) is 2.74. The third-order valence-corrected chi connectivity index (χ3v) is 3.35. The highest BCUT2D eigenvalue weighted by molar-refractivity contribution is 5.91. The van der Waals surface area contributed by atoms with Gasteiger partial charge in [0.25, 0.3) is 0 Å². The molecule has 1 heterocycles. The van der Waals surface area contributed by atoms with Gasteiger partial charge in [-0.15, -0.1) is 0 Å². The molecule has 0 unspecified atom stereocenters. The van der Waals surface area contributed by atoms with E-state index in [2.05, 4.69) is 16.9 Å². The highest BCUT2D eigenvalue weighted by Crippen LogP contribution is 2.26. The number of hydrogen-bond acceptors (Lipinski definition) is 3. The van der Waals surface area contributed by atoms with E-state index in [1.165, 1.54) is 7.11 Å². The van der Waals surface area contributed by atoms with Crippen molar-refractivity contribution in [2.75, 3.05) is 7.11 Å². The number of esters is 1. The summed E-state index contributed by atoms with van der Waals surface area (Å²) in [4.78, 5) is 19.6. The molecular weight excluding hydrogens is 252 g/mol. The Balaban J connectivity index is 2.48. The predicted molar refractivity (Wildman–Crippen MR) is 78.8 cm³/mol. The van der Waals surface area contributed by atoms with Crippen molar-refractivity contribution in [1.82, 2.24) is 9.97 Å². The summed E-state index contributed by atoms with van der Waals surface area (Å²) in [5.74, 6) is 0.667. The molecule has 2 aromatic rings. The Morgan fingerprint density at radius 2 is 2.10 bits per heavy atom. The van der Waals surface area contributed by atoms with Crippen LogP contribution in [-0.4, -0.2) is 23.0 Å². The number of rotatable bonds is 4. The summed E-state index contributed by atoms with van der Waals surface area (Å²) in [7, 11) is 1.39. The van der Waals surface area contributed by atoms with Crippen molar-refractivity contribution in [1.29, 1.82) is 0 Å². The first kappa shape index (κ1) is 14.3. The van der Waals surface area contributed by atoms with Crippen LogP contribution in [0.3, 0.4) is 0 Å². The highest BCUT2D eigenvalue weighted by Gasteiger charge is 2.14. The van der Waals surface area contributed by atoms with E-state index in [9.17, 15) is 4.79 Å². The van der Waals surface area contributed by atoms with Gasteiger partial charge in [-0.1, -0.05) is 13.0 Å². The minimum absolute atomic E-state index is 0.322. The molecule has 1 N–H and O–H groups in total. The third-order valence-electron chi connectivity index (χ3n) is 3.35. The van der Waals surface area contributed by atoms with Gasteiger partial charge in [0.1, 0.15) is 5.82 Å². The van der Waals surface area contributed by atoms with E-state index in [1.54, 1.807) is 6.07 Å². The maximum absolute atomic E-state index is 11.7. The van der Waals surface area contributed by atoms with Gasteiger partial charge in [0, 0.05) is 12.0 Å². The maximum Gasteiger partial charge on any atom is 0.337 e. The Hall–Kier alpha value is -2.10. The number of hydrogen-bond donors (Lipinski definition) is 1. The monoisotopic (exact) mass is 272 g/mol. The zero-order valence-electron chi connectivity index (χ0n) is 12.4. The molecule has 1 aromatic carbocycles. The van der Waals surface area contributed by atoms with E-state index in [1.807, 2.05) is 26.0 Å². The molecule has 106 valence electrons. The first-order chi connectivity index (χ1) is 9.56. The standard InChI is InChI=1S/C16H20N2O2/c1-5-6-14-17-11(3)15(18-14)13-9-12(16(19)20-4)8-7-10(13)2/h7-9H,5-6H2,1-4H3,(H,17,18). The lowest BCUT2D eigenvalue weighted by molar-refractivity contribution is 0.0601. The van der Waals surface area contributed by atoms with Gasteiger partial charge in [0.05, 0.1) is 24.1 Å². The van der Waals surface area contributed by atoms with Crippen molar-refractivity contribution >= 4 is 5.97 Å². The van der Waals surface area contributed by atoms with Crippen LogP contribution >= 0.6 is 0 Å². The van der Waals surface area contributed by atoms with Gasteiger partial charge in [0.2, 0.25) is 0 Å².